The maximum absolute atomic E-state index is 2.12. The van der Waals surface area contributed by atoms with E-state index >= 15 is 0 Å². The van der Waals surface area contributed by atoms with Crippen LogP contribution in [-0.2, 0) is 0 Å². The van der Waals surface area contributed by atoms with Gasteiger partial charge in [-0.05, 0) is 12.1 Å². The van der Waals surface area contributed by atoms with Crippen molar-refractivity contribution in [3.8, 4) is 11.3 Å². The van der Waals surface area contributed by atoms with E-state index in [1.54, 1.807) is 0 Å². The van der Waals surface area contributed by atoms with Crippen molar-refractivity contribution in [3.63, 3.8) is 0 Å². The lowest BCUT2D eigenvalue weighted by atomic mass is 10.2. The van der Waals surface area contributed by atoms with Gasteiger partial charge in [-0.2, -0.15) is 0 Å². The number of fused-ring (bicyclic) bond motifs is 1. The summed E-state index contributed by atoms with van der Waals surface area (Å²) in [5.74, 6) is 0. The summed E-state index contributed by atoms with van der Waals surface area (Å²) >= 11 is 0. The second-order valence-electron chi connectivity index (χ2n) is 3.07. The summed E-state index contributed by atoms with van der Waals surface area (Å²) in [6.45, 7) is 0. The topological polar surface area (TPSA) is 8.17 Å². The van der Waals surface area contributed by atoms with Crippen LogP contribution in [-0.4, -0.2) is 18.8 Å². The van der Waals surface area contributed by atoms with Gasteiger partial charge in [0, 0.05) is 25.9 Å². The van der Waals surface area contributed by atoms with Gasteiger partial charge in [-0.3, -0.25) is 4.68 Å². The van der Waals surface area contributed by atoms with E-state index in [1.807, 2.05) is 14.1 Å². The summed E-state index contributed by atoms with van der Waals surface area (Å²) < 4.78 is 2.12. The molecule has 2 aliphatic rings. The average molecular weight is 160 g/mol. The van der Waals surface area contributed by atoms with Crippen molar-refractivity contribution < 1.29 is 0 Å². The molecule has 12 heavy (non-hydrogen) atoms. The van der Waals surface area contributed by atoms with Gasteiger partial charge in [-0.25, -0.2) is 0 Å². The zero-order chi connectivity index (χ0) is 8.55. The highest BCUT2D eigenvalue weighted by Crippen LogP contribution is 2.21. The average Bonchev–Trinajstić information content (AvgIpc) is 2.49. The zero-order valence-electron chi connectivity index (χ0n) is 7.36. The standard InChI is InChI=1S/C10H12N2/c1-11(2)12-8-4-6-9-5-3-7-10(9)12/h3-8H,1-2H3. The molecule has 1 aliphatic heterocycles. The Kier molecular flexibility index (Phi) is 1.54. The van der Waals surface area contributed by atoms with E-state index in [0.717, 1.165) is 0 Å². The molecule has 2 heteroatoms. The van der Waals surface area contributed by atoms with Crippen LogP contribution in [0.15, 0.2) is 36.5 Å². The lowest BCUT2D eigenvalue weighted by Crippen LogP contribution is -2.25. The van der Waals surface area contributed by atoms with E-state index in [4.69, 9.17) is 0 Å². The lowest BCUT2D eigenvalue weighted by Gasteiger charge is -2.20. The van der Waals surface area contributed by atoms with Gasteiger partial charge in [0.25, 0.3) is 0 Å². The van der Waals surface area contributed by atoms with Gasteiger partial charge in [0.1, 0.15) is 0 Å². The third-order valence-corrected chi connectivity index (χ3v) is 2.01. The molecule has 1 heterocycles. The van der Waals surface area contributed by atoms with Crippen LogP contribution in [0.3, 0.4) is 0 Å². The molecule has 0 saturated carbocycles. The Morgan fingerprint density at radius 3 is 2.58 bits per heavy atom. The van der Waals surface area contributed by atoms with Crippen LogP contribution < -0.4 is 5.01 Å². The maximum atomic E-state index is 2.12. The second kappa shape index (κ2) is 2.55. The van der Waals surface area contributed by atoms with Crippen molar-refractivity contribution in [1.29, 1.82) is 0 Å². The highest BCUT2D eigenvalue weighted by atomic mass is 15.5. The number of pyridine rings is 1. The predicted octanol–water partition coefficient (Wildman–Crippen LogP) is 1.79. The summed E-state index contributed by atoms with van der Waals surface area (Å²) in [5.41, 5.74) is 2.54. The van der Waals surface area contributed by atoms with E-state index in [1.165, 1.54) is 11.3 Å². The summed E-state index contributed by atoms with van der Waals surface area (Å²) in [6, 6.07) is 10.5. The van der Waals surface area contributed by atoms with Gasteiger partial charge in [-0.1, -0.05) is 18.2 Å². The Hall–Kier alpha value is -1.44. The van der Waals surface area contributed by atoms with Gasteiger partial charge < -0.3 is 5.01 Å². The first-order valence-corrected chi connectivity index (χ1v) is 4.03. The van der Waals surface area contributed by atoms with Crippen molar-refractivity contribution >= 4 is 0 Å². The van der Waals surface area contributed by atoms with Gasteiger partial charge in [0.15, 0.2) is 0 Å². The number of nitrogens with zero attached hydrogens (tertiary/aromatic N) is 2. The van der Waals surface area contributed by atoms with E-state index in [0.29, 0.717) is 0 Å². The third kappa shape index (κ3) is 0.961. The molecule has 0 aromatic heterocycles. The second-order valence-corrected chi connectivity index (χ2v) is 3.07. The molecule has 0 atom stereocenters. The molecule has 2 rings (SSSR count). The van der Waals surface area contributed by atoms with Crippen LogP contribution in [0, 0.1) is 0 Å². The first-order valence-electron chi connectivity index (χ1n) is 4.03. The van der Waals surface area contributed by atoms with Crippen molar-refractivity contribution in [2.45, 2.75) is 0 Å². The molecule has 0 aromatic carbocycles. The SMILES string of the molecule is CN(C)n1cccc2cccc1-2. The largest absolute Gasteiger partial charge is 0.319 e. The van der Waals surface area contributed by atoms with Gasteiger partial charge in [-0.15, -0.1) is 0 Å². The Morgan fingerprint density at radius 2 is 1.83 bits per heavy atom. The first-order chi connectivity index (χ1) is 5.79. The first kappa shape index (κ1) is 7.22. The van der Waals surface area contributed by atoms with Crippen molar-refractivity contribution in [2.75, 3.05) is 19.1 Å². The number of aromatic nitrogens is 1. The van der Waals surface area contributed by atoms with E-state index in [2.05, 4.69) is 46.2 Å². The molecule has 0 fully saturated rings. The van der Waals surface area contributed by atoms with Crippen LogP contribution in [0.2, 0.25) is 0 Å². The van der Waals surface area contributed by atoms with Gasteiger partial charge in [0.2, 0.25) is 0 Å². The number of hydrogen-bond donors (Lipinski definition) is 0. The fourth-order valence-electron chi connectivity index (χ4n) is 1.43. The zero-order valence-corrected chi connectivity index (χ0v) is 7.36. The van der Waals surface area contributed by atoms with Gasteiger partial charge in [0.05, 0.1) is 5.69 Å². The molecular weight excluding hydrogens is 148 g/mol. The van der Waals surface area contributed by atoms with E-state index in [9.17, 15) is 0 Å². The molecule has 2 nitrogen and oxygen atoms in total. The molecular formula is C10H12N2. The van der Waals surface area contributed by atoms with Crippen molar-refractivity contribution in [2.24, 2.45) is 0 Å². The van der Waals surface area contributed by atoms with Gasteiger partial charge >= 0.3 is 0 Å². The quantitative estimate of drug-likeness (QED) is 0.617. The van der Waals surface area contributed by atoms with Crippen LogP contribution in [0.5, 0.6) is 0 Å². The summed E-state index contributed by atoms with van der Waals surface area (Å²) in [6.07, 6.45) is 2.06. The molecule has 0 bridgehead atoms. The monoisotopic (exact) mass is 160 g/mol. The Morgan fingerprint density at radius 1 is 1.08 bits per heavy atom. The predicted molar refractivity (Wildman–Crippen MR) is 51.1 cm³/mol. The minimum atomic E-state index is 1.25. The van der Waals surface area contributed by atoms with E-state index in [-0.39, 0.29) is 0 Å². The molecule has 0 saturated heterocycles. The minimum absolute atomic E-state index is 1.25. The molecule has 0 radical (unpaired) electrons. The normalized spacial score (nSPS) is 10.5. The summed E-state index contributed by atoms with van der Waals surface area (Å²) in [7, 11) is 4.07. The molecule has 0 unspecified atom stereocenters. The minimum Gasteiger partial charge on any atom is -0.319 e. The molecule has 0 spiro atoms. The fraction of sp³-hybridized carbons (Fsp3) is 0.200. The summed E-state index contributed by atoms with van der Waals surface area (Å²) in [5, 5.41) is 2.06. The molecule has 62 valence electrons. The Labute approximate surface area is 72.3 Å². The van der Waals surface area contributed by atoms with Crippen LogP contribution in [0.1, 0.15) is 0 Å². The van der Waals surface area contributed by atoms with Crippen LogP contribution in [0.4, 0.5) is 0 Å². The molecule has 1 aliphatic carbocycles. The third-order valence-electron chi connectivity index (χ3n) is 2.01. The van der Waals surface area contributed by atoms with Crippen LogP contribution in [0.25, 0.3) is 11.3 Å². The maximum Gasteiger partial charge on any atom is 0.0693 e. The Bertz CT molecular complexity index is 349. The molecule has 0 amide bonds. The number of hydrogen-bond acceptors (Lipinski definition) is 1. The fourth-order valence-corrected chi connectivity index (χ4v) is 1.43. The smallest absolute Gasteiger partial charge is 0.0693 e. The molecule has 0 N–H and O–H groups in total. The van der Waals surface area contributed by atoms with E-state index < -0.39 is 0 Å². The lowest BCUT2D eigenvalue weighted by molar-refractivity contribution is 0.734. The number of rotatable bonds is 1. The van der Waals surface area contributed by atoms with Crippen LogP contribution >= 0.6 is 0 Å². The molecule has 0 aromatic rings. The van der Waals surface area contributed by atoms with Crippen molar-refractivity contribution in [1.82, 2.24) is 4.68 Å². The van der Waals surface area contributed by atoms with Crippen molar-refractivity contribution in [3.05, 3.63) is 36.5 Å². The Balaban J connectivity index is 2.63. The highest BCUT2D eigenvalue weighted by Gasteiger charge is 2.05. The highest BCUT2D eigenvalue weighted by molar-refractivity contribution is 5.62. The summed E-state index contributed by atoms with van der Waals surface area (Å²) in [4.78, 5) is 0.